The summed E-state index contributed by atoms with van der Waals surface area (Å²) >= 11 is 0. The number of H-pyrrole nitrogens is 1. The Bertz CT molecular complexity index is 1470. The second kappa shape index (κ2) is 5.74. The van der Waals surface area contributed by atoms with Gasteiger partial charge in [0.2, 0.25) is 5.95 Å². The van der Waals surface area contributed by atoms with Crippen LogP contribution in [0, 0.1) is 5.82 Å². The van der Waals surface area contributed by atoms with Gasteiger partial charge in [-0.05, 0) is 24.3 Å². The fourth-order valence-electron chi connectivity index (χ4n) is 3.85. The first-order valence-corrected chi connectivity index (χ1v) is 9.01. The maximum absolute atomic E-state index is 14.5. The topological polar surface area (TPSA) is 90.6 Å². The van der Waals surface area contributed by atoms with E-state index in [0.29, 0.717) is 28.4 Å². The Morgan fingerprint density at radius 1 is 1.14 bits per heavy atom. The van der Waals surface area contributed by atoms with E-state index in [4.69, 9.17) is 4.74 Å². The van der Waals surface area contributed by atoms with E-state index in [1.54, 1.807) is 29.2 Å². The van der Waals surface area contributed by atoms with Gasteiger partial charge in [0.05, 0.1) is 22.8 Å². The molecular formula is C20H13FN6O2. The molecule has 0 amide bonds. The van der Waals surface area contributed by atoms with E-state index in [0.717, 1.165) is 11.0 Å². The van der Waals surface area contributed by atoms with E-state index in [2.05, 4.69) is 19.9 Å². The number of nitrogens with one attached hydrogen (secondary N) is 1. The Labute approximate surface area is 162 Å². The van der Waals surface area contributed by atoms with Crippen LogP contribution in [0.4, 0.5) is 4.39 Å². The molecule has 0 bridgehead atoms. The number of hydrogen-bond donors (Lipinski definition) is 1. The van der Waals surface area contributed by atoms with Gasteiger partial charge in [-0.2, -0.15) is 4.98 Å². The van der Waals surface area contributed by atoms with Crippen LogP contribution < -0.4 is 10.4 Å². The molecule has 5 aromatic rings. The van der Waals surface area contributed by atoms with Gasteiger partial charge in [-0.25, -0.2) is 19.2 Å². The summed E-state index contributed by atoms with van der Waals surface area (Å²) in [5, 5.41) is 0. The molecule has 9 heteroatoms. The van der Waals surface area contributed by atoms with Gasteiger partial charge in [0.1, 0.15) is 36.1 Å². The Balaban J connectivity index is 1.57. The summed E-state index contributed by atoms with van der Waals surface area (Å²) in [6.07, 6.45) is 3.18. The van der Waals surface area contributed by atoms with Gasteiger partial charge >= 0.3 is 5.69 Å². The van der Waals surface area contributed by atoms with Gasteiger partial charge in [0.25, 0.3) is 0 Å². The molecular weight excluding hydrogens is 375 g/mol. The van der Waals surface area contributed by atoms with E-state index in [9.17, 15) is 9.18 Å². The Kier molecular flexibility index (Phi) is 3.17. The standard InChI is InChI=1S/C20H13FN6O2/c21-11-4-3-7-16-17(11)15(9-29-16)27-18-13(24-20(27)28)8-22-19(25-18)26-10-23-12-5-1-2-6-14(12)26/h1-8,10,15H,9H2,(H,24,28). The van der Waals surface area contributed by atoms with Gasteiger partial charge < -0.3 is 9.72 Å². The maximum atomic E-state index is 14.5. The summed E-state index contributed by atoms with van der Waals surface area (Å²) in [7, 11) is 0. The van der Waals surface area contributed by atoms with Crippen LogP contribution >= 0.6 is 0 Å². The second-order valence-electron chi connectivity index (χ2n) is 6.79. The van der Waals surface area contributed by atoms with Crippen LogP contribution in [-0.4, -0.2) is 35.7 Å². The highest BCUT2D eigenvalue weighted by atomic mass is 19.1. The van der Waals surface area contributed by atoms with Crippen molar-refractivity contribution in [3.63, 3.8) is 0 Å². The predicted molar refractivity (Wildman–Crippen MR) is 103 cm³/mol. The lowest BCUT2D eigenvalue weighted by molar-refractivity contribution is 0.316. The lowest BCUT2D eigenvalue weighted by Crippen LogP contribution is -2.25. The summed E-state index contributed by atoms with van der Waals surface area (Å²) in [6, 6.07) is 11.6. The molecule has 1 atom stereocenters. The van der Waals surface area contributed by atoms with E-state index >= 15 is 0 Å². The highest BCUT2D eigenvalue weighted by Crippen LogP contribution is 2.37. The molecule has 142 valence electrons. The Morgan fingerprint density at radius 2 is 2.03 bits per heavy atom. The third-order valence-electron chi connectivity index (χ3n) is 5.17. The number of aromatic amines is 1. The molecule has 1 aliphatic heterocycles. The van der Waals surface area contributed by atoms with Crippen molar-refractivity contribution in [2.45, 2.75) is 6.04 Å². The number of benzene rings is 2. The molecule has 0 saturated carbocycles. The van der Waals surface area contributed by atoms with Gasteiger partial charge in [-0.3, -0.25) is 9.13 Å². The molecule has 6 rings (SSSR count). The van der Waals surface area contributed by atoms with Crippen LogP contribution in [-0.2, 0) is 0 Å². The number of ether oxygens (including phenoxy) is 1. The highest BCUT2D eigenvalue weighted by Gasteiger charge is 2.32. The zero-order valence-corrected chi connectivity index (χ0v) is 14.9. The van der Waals surface area contributed by atoms with E-state index in [1.165, 1.54) is 10.6 Å². The first kappa shape index (κ1) is 16.0. The SMILES string of the molecule is O=c1[nH]c2cnc(-n3cnc4ccccc43)nc2n1C1COc2cccc(F)c21. The average Bonchev–Trinajstić information content (AvgIpc) is 3.42. The molecule has 8 nitrogen and oxygen atoms in total. The number of imidazole rings is 2. The molecule has 29 heavy (non-hydrogen) atoms. The zero-order chi connectivity index (χ0) is 19.5. The largest absolute Gasteiger partial charge is 0.491 e. The third-order valence-corrected chi connectivity index (χ3v) is 5.17. The third kappa shape index (κ3) is 2.24. The molecule has 4 heterocycles. The second-order valence-corrected chi connectivity index (χ2v) is 6.79. The van der Waals surface area contributed by atoms with Gasteiger partial charge in [-0.1, -0.05) is 18.2 Å². The van der Waals surface area contributed by atoms with Crippen LogP contribution in [0.25, 0.3) is 28.1 Å². The Hall–Kier alpha value is -4.01. The Morgan fingerprint density at radius 3 is 2.97 bits per heavy atom. The van der Waals surface area contributed by atoms with Crippen LogP contribution in [0.1, 0.15) is 11.6 Å². The monoisotopic (exact) mass is 388 g/mol. The van der Waals surface area contributed by atoms with Crippen molar-refractivity contribution in [2.24, 2.45) is 0 Å². The normalized spacial score (nSPS) is 15.7. The lowest BCUT2D eigenvalue weighted by atomic mass is 10.1. The minimum Gasteiger partial charge on any atom is -0.491 e. The molecule has 3 aromatic heterocycles. The molecule has 1 unspecified atom stereocenters. The van der Waals surface area contributed by atoms with Crippen molar-refractivity contribution in [1.82, 2.24) is 29.1 Å². The average molecular weight is 388 g/mol. The minimum absolute atomic E-state index is 0.149. The molecule has 1 N–H and O–H groups in total. The lowest BCUT2D eigenvalue weighted by Gasteiger charge is -2.11. The zero-order valence-electron chi connectivity index (χ0n) is 14.9. The van der Waals surface area contributed by atoms with Gasteiger partial charge in [-0.15, -0.1) is 0 Å². The van der Waals surface area contributed by atoms with E-state index in [1.807, 2.05) is 24.3 Å². The highest BCUT2D eigenvalue weighted by molar-refractivity contribution is 5.77. The van der Waals surface area contributed by atoms with Crippen molar-refractivity contribution in [3.05, 3.63) is 76.9 Å². The first-order valence-electron chi connectivity index (χ1n) is 9.01. The van der Waals surface area contributed by atoms with Crippen molar-refractivity contribution < 1.29 is 9.13 Å². The van der Waals surface area contributed by atoms with Crippen molar-refractivity contribution in [2.75, 3.05) is 6.61 Å². The molecule has 0 radical (unpaired) electrons. The van der Waals surface area contributed by atoms with Crippen molar-refractivity contribution >= 4 is 22.2 Å². The van der Waals surface area contributed by atoms with E-state index in [-0.39, 0.29) is 6.61 Å². The maximum Gasteiger partial charge on any atom is 0.328 e. The first-order chi connectivity index (χ1) is 14.2. The van der Waals surface area contributed by atoms with Crippen LogP contribution in [0.15, 0.2) is 59.8 Å². The van der Waals surface area contributed by atoms with E-state index < -0.39 is 17.5 Å². The molecule has 1 aliphatic rings. The molecule has 2 aromatic carbocycles. The molecule has 0 aliphatic carbocycles. The van der Waals surface area contributed by atoms with Gasteiger partial charge in [0, 0.05) is 0 Å². The molecule has 0 saturated heterocycles. The molecule has 0 fully saturated rings. The summed E-state index contributed by atoms with van der Waals surface area (Å²) < 4.78 is 23.3. The number of rotatable bonds is 2. The summed E-state index contributed by atoms with van der Waals surface area (Å²) in [4.78, 5) is 28.8. The number of fused-ring (bicyclic) bond motifs is 3. The van der Waals surface area contributed by atoms with Crippen molar-refractivity contribution in [1.29, 1.82) is 0 Å². The fraction of sp³-hybridized carbons (Fsp3) is 0.100. The number of hydrogen-bond acceptors (Lipinski definition) is 5. The summed E-state index contributed by atoms with van der Waals surface area (Å²) in [6.45, 7) is 0.149. The molecule has 0 spiro atoms. The number of nitrogens with zero attached hydrogens (tertiary/aromatic N) is 5. The van der Waals surface area contributed by atoms with Crippen molar-refractivity contribution in [3.8, 4) is 11.7 Å². The summed E-state index contributed by atoms with van der Waals surface area (Å²) in [5.41, 5.74) is 2.45. The van der Waals surface area contributed by atoms with Crippen LogP contribution in [0.3, 0.4) is 0 Å². The van der Waals surface area contributed by atoms with Crippen LogP contribution in [0.5, 0.6) is 5.75 Å². The fourth-order valence-corrected chi connectivity index (χ4v) is 3.85. The number of halogens is 1. The van der Waals surface area contributed by atoms with Gasteiger partial charge in [0.15, 0.2) is 5.65 Å². The quantitative estimate of drug-likeness (QED) is 0.502. The van der Waals surface area contributed by atoms with Crippen LogP contribution in [0.2, 0.25) is 0 Å². The summed E-state index contributed by atoms with van der Waals surface area (Å²) in [5.74, 6) is 0.388. The predicted octanol–water partition coefficient (Wildman–Crippen LogP) is 2.58. The minimum atomic E-state index is -0.616. The number of aromatic nitrogens is 6. The number of para-hydroxylation sites is 2. The smallest absolute Gasteiger partial charge is 0.328 e.